The predicted molar refractivity (Wildman–Crippen MR) is 85.3 cm³/mol. The average molecular weight is 293 g/mol. The number of hydrogen-bond acceptors (Lipinski definition) is 2. The Morgan fingerprint density at radius 2 is 2.00 bits per heavy atom. The van der Waals surface area contributed by atoms with E-state index >= 15 is 0 Å². The average Bonchev–Trinajstić information content (AvgIpc) is 2.51. The van der Waals surface area contributed by atoms with Crippen molar-refractivity contribution in [2.45, 2.75) is 45.4 Å². The van der Waals surface area contributed by atoms with Gasteiger partial charge in [-0.3, -0.25) is 0 Å². The molecule has 0 spiro atoms. The fourth-order valence-corrected chi connectivity index (χ4v) is 3.44. The normalized spacial score (nSPS) is 22.2. The van der Waals surface area contributed by atoms with Gasteiger partial charge in [-0.2, -0.15) is 0 Å². The summed E-state index contributed by atoms with van der Waals surface area (Å²) in [6.07, 6.45) is 7.08. The summed E-state index contributed by atoms with van der Waals surface area (Å²) in [6.45, 7) is 4.35. The molecule has 1 aliphatic carbocycles. The lowest BCUT2D eigenvalue weighted by molar-refractivity contribution is 0.227. The number of hydrogen-bond donors (Lipinski definition) is 1. The van der Waals surface area contributed by atoms with Crippen molar-refractivity contribution in [2.24, 2.45) is 11.8 Å². The Kier molecular flexibility index (Phi) is 6.50. The van der Waals surface area contributed by atoms with Crippen molar-refractivity contribution in [1.29, 1.82) is 0 Å². The van der Waals surface area contributed by atoms with Gasteiger partial charge in [0.1, 0.15) is 0 Å². The van der Waals surface area contributed by atoms with Crippen LogP contribution in [-0.2, 0) is 6.42 Å². The molecule has 0 saturated heterocycles. The van der Waals surface area contributed by atoms with Crippen LogP contribution in [0.5, 0.6) is 5.75 Å². The molecule has 1 aromatic carbocycles. The molecule has 2 unspecified atom stereocenters. The number of benzene rings is 1. The third-order valence-corrected chi connectivity index (χ3v) is 4.65. The lowest BCUT2D eigenvalue weighted by atomic mass is 9.76. The lowest BCUT2D eigenvalue weighted by Crippen LogP contribution is -2.32. The SMILES string of the molecule is CCCNCC1CCCCC1Cc1cccc(OC)c1F. The molecule has 0 aliphatic heterocycles. The van der Waals surface area contributed by atoms with Gasteiger partial charge in [0.15, 0.2) is 11.6 Å². The van der Waals surface area contributed by atoms with Gasteiger partial charge in [0.2, 0.25) is 0 Å². The zero-order valence-electron chi connectivity index (χ0n) is 13.3. The third kappa shape index (κ3) is 4.44. The number of rotatable bonds is 7. The monoisotopic (exact) mass is 293 g/mol. The van der Waals surface area contributed by atoms with Crippen LogP contribution in [0.1, 0.15) is 44.6 Å². The van der Waals surface area contributed by atoms with Crippen LogP contribution in [0.3, 0.4) is 0 Å². The largest absolute Gasteiger partial charge is 0.494 e. The summed E-state index contributed by atoms with van der Waals surface area (Å²) in [4.78, 5) is 0. The van der Waals surface area contributed by atoms with Crippen LogP contribution in [0.2, 0.25) is 0 Å². The first kappa shape index (κ1) is 16.3. The maximum absolute atomic E-state index is 14.3. The Morgan fingerprint density at radius 3 is 2.71 bits per heavy atom. The standard InChI is InChI=1S/C18H28FNO/c1-3-11-20-13-16-8-5-4-7-14(16)12-15-9-6-10-17(21-2)18(15)19/h6,9-10,14,16,20H,3-5,7-8,11-13H2,1-2H3. The van der Waals surface area contributed by atoms with Crippen molar-refractivity contribution < 1.29 is 9.13 Å². The third-order valence-electron chi connectivity index (χ3n) is 4.65. The molecular formula is C18H28FNO. The highest BCUT2D eigenvalue weighted by Gasteiger charge is 2.26. The quantitative estimate of drug-likeness (QED) is 0.761. The van der Waals surface area contributed by atoms with Crippen LogP contribution in [0.25, 0.3) is 0 Å². The van der Waals surface area contributed by atoms with Gasteiger partial charge in [0.25, 0.3) is 0 Å². The molecule has 2 rings (SSSR count). The summed E-state index contributed by atoms with van der Waals surface area (Å²) < 4.78 is 19.4. The first-order valence-corrected chi connectivity index (χ1v) is 8.28. The summed E-state index contributed by atoms with van der Waals surface area (Å²) in [6, 6.07) is 5.49. The molecule has 0 radical (unpaired) electrons. The van der Waals surface area contributed by atoms with Gasteiger partial charge < -0.3 is 10.1 Å². The molecule has 0 aromatic heterocycles. The van der Waals surface area contributed by atoms with Crippen molar-refractivity contribution in [2.75, 3.05) is 20.2 Å². The fraction of sp³-hybridized carbons (Fsp3) is 0.667. The minimum atomic E-state index is -0.175. The summed E-state index contributed by atoms with van der Waals surface area (Å²) in [5.74, 6) is 1.45. The van der Waals surface area contributed by atoms with Gasteiger partial charge in [-0.1, -0.05) is 31.9 Å². The van der Waals surface area contributed by atoms with E-state index in [2.05, 4.69) is 12.2 Å². The zero-order chi connectivity index (χ0) is 15.1. The van der Waals surface area contributed by atoms with Gasteiger partial charge in [-0.25, -0.2) is 4.39 Å². The smallest absolute Gasteiger partial charge is 0.168 e. The van der Waals surface area contributed by atoms with Crippen molar-refractivity contribution in [3.8, 4) is 5.75 Å². The molecule has 2 nitrogen and oxygen atoms in total. The molecule has 1 aliphatic rings. The van der Waals surface area contributed by atoms with Crippen LogP contribution in [0, 0.1) is 17.7 Å². The second kappa shape index (κ2) is 8.38. The van der Waals surface area contributed by atoms with E-state index in [1.165, 1.54) is 39.2 Å². The van der Waals surface area contributed by atoms with Crippen LogP contribution in [0.4, 0.5) is 4.39 Å². The van der Waals surface area contributed by atoms with Gasteiger partial charge in [0.05, 0.1) is 7.11 Å². The summed E-state index contributed by atoms with van der Waals surface area (Å²) >= 11 is 0. The maximum atomic E-state index is 14.3. The molecule has 1 fully saturated rings. The minimum Gasteiger partial charge on any atom is -0.494 e. The Bertz CT molecular complexity index is 435. The van der Waals surface area contributed by atoms with Crippen molar-refractivity contribution in [1.82, 2.24) is 5.32 Å². The van der Waals surface area contributed by atoms with Crippen molar-refractivity contribution in [3.05, 3.63) is 29.6 Å². The molecule has 3 heteroatoms. The molecular weight excluding hydrogens is 265 g/mol. The van der Waals surface area contributed by atoms with Gasteiger partial charge >= 0.3 is 0 Å². The topological polar surface area (TPSA) is 21.3 Å². The number of halogens is 1. The number of methoxy groups -OCH3 is 1. The molecule has 2 atom stereocenters. The Hall–Kier alpha value is -1.09. The highest BCUT2D eigenvalue weighted by atomic mass is 19.1. The zero-order valence-corrected chi connectivity index (χ0v) is 13.3. The molecule has 1 saturated carbocycles. The second-order valence-electron chi connectivity index (χ2n) is 6.15. The van der Waals surface area contributed by atoms with E-state index in [1.54, 1.807) is 6.07 Å². The van der Waals surface area contributed by atoms with E-state index in [0.717, 1.165) is 25.1 Å². The van der Waals surface area contributed by atoms with Crippen LogP contribution in [0.15, 0.2) is 18.2 Å². The molecule has 0 amide bonds. The molecule has 1 N–H and O–H groups in total. The highest BCUT2D eigenvalue weighted by Crippen LogP contribution is 2.33. The molecule has 21 heavy (non-hydrogen) atoms. The van der Waals surface area contributed by atoms with E-state index in [1.807, 2.05) is 12.1 Å². The van der Waals surface area contributed by atoms with E-state index in [9.17, 15) is 4.39 Å². The first-order chi connectivity index (χ1) is 10.3. The lowest BCUT2D eigenvalue weighted by Gasteiger charge is -2.32. The van der Waals surface area contributed by atoms with Crippen molar-refractivity contribution in [3.63, 3.8) is 0 Å². The van der Waals surface area contributed by atoms with Crippen LogP contribution in [-0.4, -0.2) is 20.2 Å². The Balaban J connectivity index is 2.01. The van der Waals surface area contributed by atoms with Gasteiger partial charge in [0, 0.05) is 0 Å². The molecule has 0 heterocycles. The number of ether oxygens (including phenoxy) is 1. The Labute approximate surface area is 128 Å². The van der Waals surface area contributed by atoms with Crippen molar-refractivity contribution >= 4 is 0 Å². The first-order valence-electron chi connectivity index (χ1n) is 8.28. The van der Waals surface area contributed by atoms with Crippen LogP contribution < -0.4 is 10.1 Å². The van der Waals surface area contributed by atoms with E-state index in [-0.39, 0.29) is 5.82 Å². The van der Waals surface area contributed by atoms with Gasteiger partial charge in [-0.15, -0.1) is 0 Å². The summed E-state index contributed by atoms with van der Waals surface area (Å²) in [7, 11) is 1.53. The highest BCUT2D eigenvalue weighted by molar-refractivity contribution is 5.31. The van der Waals surface area contributed by atoms with Gasteiger partial charge in [-0.05, 0) is 62.2 Å². The summed E-state index contributed by atoms with van der Waals surface area (Å²) in [5.41, 5.74) is 0.807. The molecule has 0 bridgehead atoms. The molecule has 1 aromatic rings. The summed E-state index contributed by atoms with van der Waals surface area (Å²) in [5, 5.41) is 3.54. The second-order valence-corrected chi connectivity index (χ2v) is 6.15. The number of nitrogens with one attached hydrogen (secondary N) is 1. The molecule has 118 valence electrons. The minimum absolute atomic E-state index is 0.175. The van der Waals surface area contributed by atoms with Crippen LogP contribution >= 0.6 is 0 Å². The fourth-order valence-electron chi connectivity index (χ4n) is 3.44. The van der Waals surface area contributed by atoms with E-state index in [0.29, 0.717) is 17.6 Å². The predicted octanol–water partition coefficient (Wildman–Crippen LogP) is 4.18. The van der Waals surface area contributed by atoms with E-state index < -0.39 is 0 Å². The Morgan fingerprint density at radius 1 is 1.24 bits per heavy atom. The maximum Gasteiger partial charge on any atom is 0.168 e. The van der Waals surface area contributed by atoms with E-state index in [4.69, 9.17) is 4.74 Å².